The van der Waals surface area contributed by atoms with Crippen LogP contribution in [0, 0.1) is 19.8 Å². The average Bonchev–Trinajstić information content (AvgIpc) is 2.61. The first-order valence-corrected chi connectivity index (χ1v) is 8.64. The number of piperidine rings is 1. The van der Waals surface area contributed by atoms with E-state index in [2.05, 4.69) is 20.3 Å². The van der Waals surface area contributed by atoms with Crippen LogP contribution in [0.1, 0.15) is 29.9 Å². The van der Waals surface area contributed by atoms with Gasteiger partial charge in [0.2, 0.25) is 11.9 Å². The highest BCUT2D eigenvalue weighted by molar-refractivity contribution is 5.92. The van der Waals surface area contributed by atoms with Crippen LogP contribution in [-0.2, 0) is 11.0 Å². The number of hydrogen-bond donors (Lipinski definition) is 1. The second kappa shape index (κ2) is 7.50. The second-order valence-electron chi connectivity index (χ2n) is 6.65. The van der Waals surface area contributed by atoms with Gasteiger partial charge in [-0.25, -0.2) is 15.0 Å². The predicted octanol–water partition coefficient (Wildman–Crippen LogP) is 3.36. The highest BCUT2D eigenvalue weighted by Gasteiger charge is 2.32. The Balaban J connectivity index is 1.66. The summed E-state index contributed by atoms with van der Waals surface area (Å²) in [5, 5.41) is 2.65. The van der Waals surface area contributed by atoms with Crippen LogP contribution in [0.15, 0.2) is 24.4 Å². The van der Waals surface area contributed by atoms with Crippen molar-refractivity contribution < 1.29 is 18.0 Å². The number of rotatable bonds is 3. The van der Waals surface area contributed by atoms with Crippen molar-refractivity contribution in [1.29, 1.82) is 0 Å². The summed E-state index contributed by atoms with van der Waals surface area (Å²) in [6.07, 6.45) is -1.98. The second-order valence-corrected chi connectivity index (χ2v) is 6.65. The summed E-state index contributed by atoms with van der Waals surface area (Å²) in [5.74, 6) is 0.0530. The van der Waals surface area contributed by atoms with Crippen LogP contribution < -0.4 is 10.2 Å². The summed E-state index contributed by atoms with van der Waals surface area (Å²) < 4.78 is 37.7. The molecule has 1 aliphatic heterocycles. The average molecular weight is 379 g/mol. The number of nitrogens with zero attached hydrogens (tertiary/aromatic N) is 4. The van der Waals surface area contributed by atoms with Crippen LogP contribution in [0.5, 0.6) is 0 Å². The lowest BCUT2D eigenvalue weighted by atomic mass is 9.97. The van der Waals surface area contributed by atoms with E-state index in [4.69, 9.17) is 0 Å². The number of carbonyl (C=O) groups is 1. The lowest BCUT2D eigenvalue weighted by Gasteiger charge is -2.32. The Morgan fingerprint density at radius 2 is 1.93 bits per heavy atom. The summed E-state index contributed by atoms with van der Waals surface area (Å²) in [4.78, 5) is 26.7. The monoisotopic (exact) mass is 379 g/mol. The van der Waals surface area contributed by atoms with E-state index in [1.807, 2.05) is 24.8 Å². The van der Waals surface area contributed by atoms with Crippen LogP contribution in [0.25, 0.3) is 0 Å². The van der Waals surface area contributed by atoms with Gasteiger partial charge < -0.3 is 10.2 Å². The third-order valence-corrected chi connectivity index (χ3v) is 4.37. The number of alkyl halides is 3. The Hall–Kier alpha value is -2.71. The summed E-state index contributed by atoms with van der Waals surface area (Å²) in [6.45, 7) is 5.01. The molecule has 1 amide bonds. The van der Waals surface area contributed by atoms with Gasteiger partial charge in [0.05, 0.1) is 17.8 Å². The highest BCUT2D eigenvalue weighted by Crippen LogP contribution is 2.28. The zero-order valence-electron chi connectivity index (χ0n) is 15.0. The van der Waals surface area contributed by atoms with Gasteiger partial charge in [-0.15, -0.1) is 0 Å². The molecule has 0 aromatic carbocycles. The molecule has 0 unspecified atom stereocenters. The maximum atomic E-state index is 12.6. The molecule has 0 saturated carbocycles. The van der Waals surface area contributed by atoms with Crippen molar-refractivity contribution in [2.75, 3.05) is 23.3 Å². The Kier molecular flexibility index (Phi) is 5.29. The van der Waals surface area contributed by atoms with Crippen molar-refractivity contribution in [1.82, 2.24) is 15.0 Å². The van der Waals surface area contributed by atoms with Crippen molar-refractivity contribution in [2.24, 2.45) is 5.92 Å². The summed E-state index contributed by atoms with van der Waals surface area (Å²) >= 11 is 0. The van der Waals surface area contributed by atoms with Gasteiger partial charge >= 0.3 is 6.18 Å². The molecule has 6 nitrogen and oxygen atoms in total. The first-order valence-electron chi connectivity index (χ1n) is 8.64. The number of anilines is 2. The topological polar surface area (TPSA) is 71.0 Å². The molecule has 3 heterocycles. The molecule has 0 bridgehead atoms. The van der Waals surface area contributed by atoms with E-state index in [-0.39, 0.29) is 17.5 Å². The molecular weight excluding hydrogens is 359 g/mol. The quantitative estimate of drug-likeness (QED) is 0.886. The van der Waals surface area contributed by atoms with Gasteiger partial charge in [-0.2, -0.15) is 13.2 Å². The van der Waals surface area contributed by atoms with Crippen LogP contribution in [0.2, 0.25) is 0 Å². The van der Waals surface area contributed by atoms with E-state index in [9.17, 15) is 18.0 Å². The molecule has 0 aliphatic carbocycles. The van der Waals surface area contributed by atoms with E-state index in [1.54, 1.807) is 0 Å². The molecule has 1 saturated heterocycles. The molecular formula is C18H20F3N5O. The Labute approximate surface area is 154 Å². The molecule has 9 heteroatoms. The van der Waals surface area contributed by atoms with Gasteiger partial charge in [0.25, 0.3) is 0 Å². The largest absolute Gasteiger partial charge is 0.433 e. The highest BCUT2D eigenvalue weighted by atomic mass is 19.4. The summed E-state index contributed by atoms with van der Waals surface area (Å²) in [6, 6.07) is 3.95. The number of hydrogen-bond acceptors (Lipinski definition) is 5. The van der Waals surface area contributed by atoms with Crippen molar-refractivity contribution in [3.8, 4) is 0 Å². The fraction of sp³-hybridized carbons (Fsp3) is 0.444. The number of amides is 1. The Morgan fingerprint density at radius 3 is 2.52 bits per heavy atom. The Bertz CT molecular complexity index is 802. The van der Waals surface area contributed by atoms with Crippen LogP contribution in [0.3, 0.4) is 0 Å². The van der Waals surface area contributed by atoms with Crippen LogP contribution in [0.4, 0.5) is 24.8 Å². The first kappa shape index (κ1) is 19.1. The predicted molar refractivity (Wildman–Crippen MR) is 94.3 cm³/mol. The number of carbonyl (C=O) groups excluding carboxylic acids is 1. The minimum absolute atomic E-state index is 0.243. The minimum Gasteiger partial charge on any atom is -0.340 e. The maximum absolute atomic E-state index is 12.6. The lowest BCUT2D eigenvalue weighted by molar-refractivity contribution is -0.141. The molecule has 1 atom stereocenters. The van der Waals surface area contributed by atoms with Gasteiger partial charge in [0.15, 0.2) is 0 Å². The Morgan fingerprint density at radius 1 is 1.22 bits per heavy atom. The molecule has 0 spiro atoms. The van der Waals surface area contributed by atoms with E-state index < -0.39 is 11.9 Å². The molecule has 144 valence electrons. The van der Waals surface area contributed by atoms with Gasteiger partial charge in [0.1, 0.15) is 5.69 Å². The summed E-state index contributed by atoms with van der Waals surface area (Å²) in [7, 11) is 0. The lowest BCUT2D eigenvalue weighted by Crippen LogP contribution is -2.41. The fourth-order valence-electron chi connectivity index (χ4n) is 3.10. The summed E-state index contributed by atoms with van der Waals surface area (Å²) in [5.41, 5.74) is 0.976. The SMILES string of the molecule is Cc1cc(C)nc(N2CCC[C@@H](C(=O)Nc3ccc(C(F)(F)F)nc3)C2)n1. The smallest absolute Gasteiger partial charge is 0.340 e. The van der Waals surface area contributed by atoms with Gasteiger partial charge in [-0.05, 0) is 44.9 Å². The normalized spacial score (nSPS) is 17.7. The first-order chi connectivity index (χ1) is 12.7. The molecule has 2 aromatic heterocycles. The number of aromatic nitrogens is 3. The molecule has 1 N–H and O–H groups in total. The van der Waals surface area contributed by atoms with Gasteiger partial charge in [-0.1, -0.05) is 0 Å². The minimum atomic E-state index is -4.50. The van der Waals surface area contributed by atoms with E-state index >= 15 is 0 Å². The van der Waals surface area contributed by atoms with Crippen LogP contribution >= 0.6 is 0 Å². The number of pyridine rings is 1. The van der Waals surface area contributed by atoms with Crippen molar-refractivity contribution in [2.45, 2.75) is 32.9 Å². The van der Waals surface area contributed by atoms with E-state index in [1.165, 1.54) is 6.07 Å². The molecule has 1 fully saturated rings. The van der Waals surface area contributed by atoms with Crippen LogP contribution in [-0.4, -0.2) is 33.9 Å². The molecule has 3 rings (SSSR count). The fourth-order valence-corrected chi connectivity index (χ4v) is 3.10. The van der Waals surface area contributed by atoms with Gasteiger partial charge in [0, 0.05) is 24.5 Å². The zero-order valence-corrected chi connectivity index (χ0v) is 15.0. The molecule has 27 heavy (non-hydrogen) atoms. The third kappa shape index (κ3) is 4.72. The molecule has 0 radical (unpaired) electrons. The number of halogens is 3. The van der Waals surface area contributed by atoms with Gasteiger partial charge in [-0.3, -0.25) is 4.79 Å². The standard InChI is InChI=1S/C18H20F3N5O/c1-11-8-12(2)24-17(23-11)26-7-3-4-13(10-26)16(27)25-14-5-6-15(22-9-14)18(19,20)21/h5-6,8-9,13H,3-4,7,10H2,1-2H3,(H,25,27)/t13-/m1/s1. The van der Waals surface area contributed by atoms with E-state index in [0.29, 0.717) is 18.9 Å². The maximum Gasteiger partial charge on any atom is 0.433 e. The number of nitrogens with one attached hydrogen (secondary N) is 1. The zero-order chi connectivity index (χ0) is 19.6. The van der Waals surface area contributed by atoms with Crippen molar-refractivity contribution >= 4 is 17.5 Å². The third-order valence-electron chi connectivity index (χ3n) is 4.37. The number of aryl methyl sites for hydroxylation is 2. The van der Waals surface area contributed by atoms with E-state index in [0.717, 1.165) is 36.6 Å². The van der Waals surface area contributed by atoms with Crippen molar-refractivity contribution in [3.05, 3.63) is 41.5 Å². The molecule has 2 aromatic rings. The molecule has 1 aliphatic rings. The van der Waals surface area contributed by atoms with Crippen molar-refractivity contribution in [3.63, 3.8) is 0 Å².